The summed E-state index contributed by atoms with van der Waals surface area (Å²) in [6.07, 6.45) is 1.60. The Morgan fingerprint density at radius 3 is 3.00 bits per heavy atom. The Labute approximate surface area is 86.6 Å². The lowest BCUT2D eigenvalue weighted by Crippen LogP contribution is -2.00. The van der Waals surface area contributed by atoms with Gasteiger partial charge in [-0.15, -0.1) is 10.2 Å². The van der Waals surface area contributed by atoms with Crippen molar-refractivity contribution in [1.29, 1.82) is 0 Å². The van der Waals surface area contributed by atoms with E-state index in [1.54, 1.807) is 18.5 Å². The summed E-state index contributed by atoms with van der Waals surface area (Å²) < 4.78 is 15.0. The van der Waals surface area contributed by atoms with Gasteiger partial charge in [-0.2, -0.15) is 0 Å². The Kier molecular flexibility index (Phi) is 2.37. The first-order valence-electron chi connectivity index (χ1n) is 4.66. The van der Waals surface area contributed by atoms with Gasteiger partial charge in [0.25, 0.3) is 0 Å². The Morgan fingerprint density at radius 2 is 2.27 bits per heavy atom. The topological polar surface area (TPSA) is 56.7 Å². The molecule has 15 heavy (non-hydrogen) atoms. The van der Waals surface area contributed by atoms with Gasteiger partial charge < -0.3 is 10.3 Å². The van der Waals surface area contributed by atoms with Crippen molar-refractivity contribution in [3.05, 3.63) is 30.3 Å². The first-order chi connectivity index (χ1) is 7.24. The second kappa shape index (κ2) is 3.68. The molecule has 1 aromatic carbocycles. The van der Waals surface area contributed by atoms with Gasteiger partial charge in [0, 0.05) is 12.1 Å². The number of aromatic nitrogens is 3. The zero-order chi connectivity index (χ0) is 10.8. The number of para-hydroxylation sites is 1. The summed E-state index contributed by atoms with van der Waals surface area (Å²) in [7, 11) is 0. The van der Waals surface area contributed by atoms with Crippen LogP contribution in [0.25, 0.3) is 11.4 Å². The van der Waals surface area contributed by atoms with Crippen molar-refractivity contribution in [2.45, 2.75) is 13.5 Å². The summed E-state index contributed by atoms with van der Waals surface area (Å²) in [6, 6.07) is 4.66. The van der Waals surface area contributed by atoms with Crippen molar-refractivity contribution in [1.82, 2.24) is 14.8 Å². The number of benzene rings is 1. The van der Waals surface area contributed by atoms with Crippen LogP contribution in [0.15, 0.2) is 24.5 Å². The monoisotopic (exact) mass is 206 g/mol. The molecule has 0 fully saturated rings. The number of nitrogen functional groups attached to an aromatic ring is 1. The Hall–Kier alpha value is -1.91. The standard InChI is InChI=1S/C10H11FN4/c1-2-15-6-13-14-10(15)7-4-3-5-8(11)9(7)12/h3-6H,2,12H2,1H3. The second-order valence-electron chi connectivity index (χ2n) is 3.14. The van der Waals surface area contributed by atoms with Crippen LogP contribution in [0.5, 0.6) is 0 Å². The third kappa shape index (κ3) is 1.56. The van der Waals surface area contributed by atoms with Crippen molar-refractivity contribution in [2.75, 3.05) is 5.73 Å². The minimum atomic E-state index is -0.432. The maximum absolute atomic E-state index is 13.2. The molecule has 0 saturated carbocycles. The highest BCUT2D eigenvalue weighted by Gasteiger charge is 2.11. The van der Waals surface area contributed by atoms with Crippen LogP contribution in [0, 0.1) is 5.82 Å². The second-order valence-corrected chi connectivity index (χ2v) is 3.14. The molecule has 2 N–H and O–H groups in total. The largest absolute Gasteiger partial charge is 0.396 e. The van der Waals surface area contributed by atoms with Crippen LogP contribution >= 0.6 is 0 Å². The third-order valence-electron chi connectivity index (χ3n) is 2.25. The molecule has 5 heteroatoms. The van der Waals surface area contributed by atoms with E-state index in [9.17, 15) is 4.39 Å². The van der Waals surface area contributed by atoms with Crippen LogP contribution in [-0.4, -0.2) is 14.8 Å². The maximum atomic E-state index is 13.2. The number of nitrogens with zero attached hydrogens (tertiary/aromatic N) is 3. The summed E-state index contributed by atoms with van der Waals surface area (Å²) in [5.41, 5.74) is 6.33. The highest BCUT2D eigenvalue weighted by molar-refractivity contribution is 5.71. The third-order valence-corrected chi connectivity index (χ3v) is 2.25. The van der Waals surface area contributed by atoms with Crippen LogP contribution in [0.2, 0.25) is 0 Å². The van der Waals surface area contributed by atoms with Gasteiger partial charge in [0.2, 0.25) is 0 Å². The zero-order valence-corrected chi connectivity index (χ0v) is 8.31. The fourth-order valence-corrected chi connectivity index (χ4v) is 1.43. The van der Waals surface area contributed by atoms with Crippen LogP contribution < -0.4 is 5.73 Å². The van der Waals surface area contributed by atoms with Gasteiger partial charge in [-0.3, -0.25) is 0 Å². The summed E-state index contributed by atoms with van der Waals surface area (Å²) in [5.74, 6) is 0.160. The number of halogens is 1. The van der Waals surface area contributed by atoms with E-state index in [1.165, 1.54) is 6.07 Å². The highest BCUT2D eigenvalue weighted by Crippen LogP contribution is 2.25. The van der Waals surface area contributed by atoms with Crippen molar-refractivity contribution < 1.29 is 4.39 Å². The molecule has 78 valence electrons. The molecule has 0 saturated heterocycles. The van der Waals surface area contributed by atoms with Crippen molar-refractivity contribution in [2.24, 2.45) is 0 Å². The quantitative estimate of drug-likeness (QED) is 0.760. The normalized spacial score (nSPS) is 10.5. The fraction of sp³-hybridized carbons (Fsp3) is 0.200. The molecule has 2 aromatic rings. The lowest BCUT2D eigenvalue weighted by Gasteiger charge is -2.06. The predicted octanol–water partition coefficient (Wildman–Crippen LogP) is 1.69. The molecule has 0 unspecified atom stereocenters. The molecule has 0 aliphatic rings. The summed E-state index contributed by atoms with van der Waals surface area (Å²) in [4.78, 5) is 0. The number of nitrogens with two attached hydrogens (primary N) is 1. The molecule has 0 bridgehead atoms. The zero-order valence-electron chi connectivity index (χ0n) is 8.31. The van der Waals surface area contributed by atoms with Gasteiger partial charge >= 0.3 is 0 Å². The van der Waals surface area contributed by atoms with Crippen LogP contribution in [-0.2, 0) is 6.54 Å². The molecular weight excluding hydrogens is 195 g/mol. The molecule has 0 aliphatic heterocycles. The molecule has 1 aromatic heterocycles. The van der Waals surface area contributed by atoms with Gasteiger partial charge in [0.15, 0.2) is 5.82 Å². The number of hydrogen-bond donors (Lipinski definition) is 1. The highest BCUT2D eigenvalue weighted by atomic mass is 19.1. The molecule has 0 atom stereocenters. The van der Waals surface area contributed by atoms with E-state index in [0.717, 1.165) is 6.54 Å². The Balaban J connectivity index is 2.59. The Bertz CT molecular complexity index is 478. The first-order valence-corrected chi connectivity index (χ1v) is 4.66. The van der Waals surface area contributed by atoms with Gasteiger partial charge in [0.1, 0.15) is 12.1 Å². The first kappa shape index (κ1) is 9.64. The van der Waals surface area contributed by atoms with E-state index in [2.05, 4.69) is 10.2 Å². The van der Waals surface area contributed by atoms with Crippen LogP contribution in [0.3, 0.4) is 0 Å². The molecular formula is C10H11FN4. The fourth-order valence-electron chi connectivity index (χ4n) is 1.43. The molecule has 0 radical (unpaired) electrons. The van der Waals surface area contributed by atoms with E-state index in [0.29, 0.717) is 11.4 Å². The summed E-state index contributed by atoms with van der Waals surface area (Å²) in [5, 5.41) is 7.70. The van der Waals surface area contributed by atoms with Crippen LogP contribution in [0.1, 0.15) is 6.92 Å². The van der Waals surface area contributed by atoms with E-state index in [4.69, 9.17) is 5.73 Å². The van der Waals surface area contributed by atoms with Crippen molar-refractivity contribution in [3.8, 4) is 11.4 Å². The summed E-state index contributed by atoms with van der Waals surface area (Å²) in [6.45, 7) is 2.68. The number of aryl methyl sites for hydroxylation is 1. The smallest absolute Gasteiger partial charge is 0.165 e. The Morgan fingerprint density at radius 1 is 1.47 bits per heavy atom. The average molecular weight is 206 g/mol. The van der Waals surface area contributed by atoms with E-state index >= 15 is 0 Å². The van der Waals surface area contributed by atoms with E-state index < -0.39 is 5.82 Å². The lowest BCUT2D eigenvalue weighted by atomic mass is 10.1. The number of anilines is 1. The van der Waals surface area contributed by atoms with Gasteiger partial charge in [-0.25, -0.2) is 4.39 Å². The molecule has 4 nitrogen and oxygen atoms in total. The average Bonchev–Trinajstić information content (AvgIpc) is 2.70. The van der Waals surface area contributed by atoms with Crippen LogP contribution in [0.4, 0.5) is 10.1 Å². The van der Waals surface area contributed by atoms with Gasteiger partial charge in [-0.05, 0) is 19.1 Å². The van der Waals surface area contributed by atoms with E-state index in [-0.39, 0.29) is 5.69 Å². The minimum Gasteiger partial charge on any atom is -0.396 e. The lowest BCUT2D eigenvalue weighted by molar-refractivity contribution is 0.632. The van der Waals surface area contributed by atoms with E-state index in [1.807, 2.05) is 11.5 Å². The molecule has 0 amide bonds. The van der Waals surface area contributed by atoms with Crippen molar-refractivity contribution >= 4 is 5.69 Å². The maximum Gasteiger partial charge on any atom is 0.165 e. The van der Waals surface area contributed by atoms with Gasteiger partial charge in [-0.1, -0.05) is 6.07 Å². The van der Waals surface area contributed by atoms with Gasteiger partial charge in [0.05, 0.1) is 5.69 Å². The number of rotatable bonds is 2. The summed E-state index contributed by atoms with van der Waals surface area (Å²) >= 11 is 0. The predicted molar refractivity (Wildman–Crippen MR) is 55.5 cm³/mol. The number of hydrogen-bond acceptors (Lipinski definition) is 3. The molecule has 0 spiro atoms. The molecule has 1 heterocycles. The van der Waals surface area contributed by atoms with Crippen molar-refractivity contribution in [3.63, 3.8) is 0 Å². The SMILES string of the molecule is CCn1cnnc1-c1cccc(F)c1N. The minimum absolute atomic E-state index is 0.111. The molecule has 0 aliphatic carbocycles. The molecule has 2 rings (SSSR count).